The maximum atomic E-state index is 10.3. The molecule has 0 aliphatic carbocycles. The molecule has 1 heterocycles. The number of carbonyl (C=O) groups is 1. The summed E-state index contributed by atoms with van der Waals surface area (Å²) in [4.78, 5) is 14.4. The standard InChI is InChI=1S/C9H12N2O2/c1-6-3-7(2)11-4-8(6)5-13-9(10)12/h3-4H,5H2,1-2H3,(H2,10,12). The molecule has 1 rings (SSSR count). The number of nitrogens with zero attached hydrogens (tertiary/aromatic N) is 1. The molecule has 4 nitrogen and oxygen atoms in total. The van der Waals surface area contributed by atoms with Crippen LogP contribution in [0.1, 0.15) is 16.8 Å². The Kier molecular flexibility index (Phi) is 2.84. The summed E-state index contributed by atoms with van der Waals surface area (Å²) in [6, 6.07) is 1.93. The Labute approximate surface area is 76.7 Å². The minimum absolute atomic E-state index is 0.189. The van der Waals surface area contributed by atoms with E-state index in [0.29, 0.717) is 0 Å². The van der Waals surface area contributed by atoms with Crippen molar-refractivity contribution in [3.05, 3.63) is 29.1 Å². The van der Waals surface area contributed by atoms with E-state index in [1.807, 2.05) is 19.9 Å². The number of amides is 1. The van der Waals surface area contributed by atoms with Crippen molar-refractivity contribution in [2.75, 3.05) is 0 Å². The summed E-state index contributed by atoms with van der Waals surface area (Å²) in [5.41, 5.74) is 7.71. The van der Waals surface area contributed by atoms with Gasteiger partial charge in [-0.2, -0.15) is 0 Å². The Bertz CT molecular complexity index is 323. The number of aryl methyl sites for hydroxylation is 2. The van der Waals surface area contributed by atoms with Gasteiger partial charge in [0.2, 0.25) is 0 Å². The van der Waals surface area contributed by atoms with Crippen LogP contribution in [0, 0.1) is 13.8 Å². The van der Waals surface area contributed by atoms with E-state index in [2.05, 4.69) is 9.72 Å². The van der Waals surface area contributed by atoms with Crippen LogP contribution in [0.3, 0.4) is 0 Å². The van der Waals surface area contributed by atoms with Crippen LogP contribution in [0.25, 0.3) is 0 Å². The number of hydrogen-bond acceptors (Lipinski definition) is 3. The number of pyridine rings is 1. The van der Waals surface area contributed by atoms with Crippen molar-refractivity contribution in [3.8, 4) is 0 Å². The lowest BCUT2D eigenvalue weighted by atomic mass is 10.1. The highest BCUT2D eigenvalue weighted by molar-refractivity contribution is 5.64. The van der Waals surface area contributed by atoms with Crippen LogP contribution in [0.15, 0.2) is 12.3 Å². The third-order valence-electron chi connectivity index (χ3n) is 1.73. The number of rotatable bonds is 2. The average Bonchev–Trinajstić information content (AvgIpc) is 2.02. The summed E-state index contributed by atoms with van der Waals surface area (Å²) in [7, 11) is 0. The van der Waals surface area contributed by atoms with Crippen molar-refractivity contribution in [1.29, 1.82) is 0 Å². The molecule has 0 aliphatic heterocycles. The van der Waals surface area contributed by atoms with Crippen molar-refractivity contribution >= 4 is 6.09 Å². The third kappa shape index (κ3) is 2.74. The highest BCUT2D eigenvalue weighted by Crippen LogP contribution is 2.08. The Morgan fingerprint density at radius 3 is 2.85 bits per heavy atom. The number of primary amides is 1. The van der Waals surface area contributed by atoms with Gasteiger partial charge in [0.1, 0.15) is 6.61 Å². The highest BCUT2D eigenvalue weighted by Gasteiger charge is 2.01. The molecular weight excluding hydrogens is 168 g/mol. The quantitative estimate of drug-likeness (QED) is 0.745. The topological polar surface area (TPSA) is 65.2 Å². The predicted octanol–water partition coefficient (Wildman–Crippen LogP) is 1.29. The first-order valence-corrected chi connectivity index (χ1v) is 3.94. The van der Waals surface area contributed by atoms with E-state index in [1.54, 1.807) is 6.20 Å². The fraction of sp³-hybridized carbons (Fsp3) is 0.333. The molecule has 1 aromatic rings. The molecule has 1 amide bonds. The molecule has 0 fully saturated rings. The second-order valence-electron chi connectivity index (χ2n) is 2.86. The zero-order valence-electron chi connectivity index (χ0n) is 7.70. The molecule has 2 N–H and O–H groups in total. The van der Waals surface area contributed by atoms with E-state index in [9.17, 15) is 4.79 Å². The monoisotopic (exact) mass is 180 g/mol. The van der Waals surface area contributed by atoms with E-state index in [4.69, 9.17) is 5.73 Å². The zero-order chi connectivity index (χ0) is 9.84. The lowest BCUT2D eigenvalue weighted by Gasteiger charge is -2.05. The molecule has 4 heteroatoms. The molecule has 0 saturated heterocycles. The fourth-order valence-electron chi connectivity index (χ4n) is 1.02. The maximum absolute atomic E-state index is 10.3. The molecule has 0 saturated carbocycles. The van der Waals surface area contributed by atoms with Gasteiger partial charge in [0.25, 0.3) is 0 Å². The van der Waals surface area contributed by atoms with Crippen LogP contribution >= 0.6 is 0 Å². The minimum Gasteiger partial charge on any atom is -0.445 e. The summed E-state index contributed by atoms with van der Waals surface area (Å²) in [6.07, 6.45) is 0.924. The minimum atomic E-state index is -0.764. The zero-order valence-corrected chi connectivity index (χ0v) is 7.70. The predicted molar refractivity (Wildman–Crippen MR) is 48.1 cm³/mol. The van der Waals surface area contributed by atoms with Gasteiger partial charge in [0.15, 0.2) is 0 Å². The average molecular weight is 180 g/mol. The first-order valence-electron chi connectivity index (χ1n) is 3.94. The summed E-state index contributed by atoms with van der Waals surface area (Å²) < 4.78 is 4.65. The lowest BCUT2D eigenvalue weighted by Crippen LogP contribution is -2.13. The molecule has 1 aromatic heterocycles. The second-order valence-corrected chi connectivity index (χ2v) is 2.86. The molecule has 70 valence electrons. The van der Waals surface area contributed by atoms with Gasteiger partial charge < -0.3 is 10.5 Å². The molecule has 0 bridgehead atoms. The summed E-state index contributed by atoms with van der Waals surface area (Å²) >= 11 is 0. The summed E-state index contributed by atoms with van der Waals surface area (Å²) in [5.74, 6) is 0. The highest BCUT2D eigenvalue weighted by atomic mass is 16.5. The van der Waals surface area contributed by atoms with E-state index < -0.39 is 6.09 Å². The van der Waals surface area contributed by atoms with Gasteiger partial charge in [-0.3, -0.25) is 4.98 Å². The Morgan fingerprint density at radius 1 is 1.62 bits per heavy atom. The SMILES string of the molecule is Cc1cc(C)c(COC(N)=O)cn1. The first-order chi connectivity index (χ1) is 6.09. The van der Waals surface area contributed by atoms with Crippen LogP contribution < -0.4 is 5.73 Å². The van der Waals surface area contributed by atoms with Gasteiger partial charge in [-0.15, -0.1) is 0 Å². The van der Waals surface area contributed by atoms with Crippen molar-refractivity contribution in [2.45, 2.75) is 20.5 Å². The van der Waals surface area contributed by atoms with E-state index in [0.717, 1.165) is 16.8 Å². The third-order valence-corrected chi connectivity index (χ3v) is 1.73. The van der Waals surface area contributed by atoms with E-state index in [-0.39, 0.29) is 6.61 Å². The summed E-state index contributed by atoms with van der Waals surface area (Å²) in [6.45, 7) is 4.04. The van der Waals surface area contributed by atoms with E-state index in [1.165, 1.54) is 0 Å². The van der Waals surface area contributed by atoms with Gasteiger partial charge in [-0.05, 0) is 25.5 Å². The Balaban J connectivity index is 2.72. The van der Waals surface area contributed by atoms with E-state index >= 15 is 0 Å². The molecule has 0 radical (unpaired) electrons. The Morgan fingerprint density at radius 2 is 2.31 bits per heavy atom. The van der Waals surface area contributed by atoms with Crippen molar-refractivity contribution in [2.24, 2.45) is 5.73 Å². The second kappa shape index (κ2) is 3.89. The van der Waals surface area contributed by atoms with Crippen LogP contribution in [0.4, 0.5) is 4.79 Å². The fourth-order valence-corrected chi connectivity index (χ4v) is 1.02. The molecule has 0 spiro atoms. The first kappa shape index (κ1) is 9.51. The number of nitrogens with two attached hydrogens (primary N) is 1. The van der Waals surface area contributed by atoms with Crippen molar-refractivity contribution in [1.82, 2.24) is 4.98 Å². The molecule has 13 heavy (non-hydrogen) atoms. The van der Waals surface area contributed by atoms with Crippen molar-refractivity contribution in [3.63, 3.8) is 0 Å². The molecule has 0 atom stereocenters. The van der Waals surface area contributed by atoms with Crippen molar-refractivity contribution < 1.29 is 9.53 Å². The Hall–Kier alpha value is -1.58. The maximum Gasteiger partial charge on any atom is 0.404 e. The lowest BCUT2D eigenvalue weighted by molar-refractivity contribution is 0.150. The number of ether oxygens (including phenoxy) is 1. The van der Waals surface area contributed by atoms with Gasteiger partial charge >= 0.3 is 6.09 Å². The van der Waals surface area contributed by atoms with Gasteiger partial charge in [-0.1, -0.05) is 0 Å². The van der Waals surface area contributed by atoms with Crippen LogP contribution in [0.2, 0.25) is 0 Å². The van der Waals surface area contributed by atoms with Gasteiger partial charge in [0.05, 0.1) is 0 Å². The molecular formula is C9H12N2O2. The van der Waals surface area contributed by atoms with Crippen LogP contribution in [-0.2, 0) is 11.3 Å². The van der Waals surface area contributed by atoms with Gasteiger partial charge in [-0.25, -0.2) is 4.79 Å². The largest absolute Gasteiger partial charge is 0.445 e. The molecule has 0 unspecified atom stereocenters. The summed E-state index contributed by atoms with van der Waals surface area (Å²) in [5, 5.41) is 0. The molecule has 0 aromatic carbocycles. The number of hydrogen-bond donors (Lipinski definition) is 1. The van der Waals surface area contributed by atoms with Crippen LogP contribution in [0.5, 0.6) is 0 Å². The van der Waals surface area contributed by atoms with Gasteiger partial charge in [0, 0.05) is 17.5 Å². The normalized spacial score (nSPS) is 9.69. The number of carbonyl (C=O) groups excluding carboxylic acids is 1. The smallest absolute Gasteiger partial charge is 0.404 e. The number of aromatic nitrogens is 1. The molecule has 0 aliphatic rings. The van der Waals surface area contributed by atoms with Crippen LogP contribution in [-0.4, -0.2) is 11.1 Å².